The van der Waals surface area contributed by atoms with Gasteiger partial charge in [0.05, 0.1) is 4.92 Å². The Hall–Kier alpha value is -0.780. The van der Waals surface area contributed by atoms with E-state index < -0.39 is 11.7 Å². The van der Waals surface area contributed by atoms with Crippen LogP contribution in [0.5, 0.6) is 11.5 Å². The first-order valence-electron chi connectivity index (χ1n) is 3.23. The molecule has 13 heavy (non-hydrogen) atoms. The Bertz CT molecular complexity index is 292. The zero-order chi connectivity index (χ0) is 8.97. The van der Waals surface area contributed by atoms with Crippen LogP contribution in [-0.4, -0.2) is 46.3 Å². The number of para-hydroxylation sites is 2. The summed E-state index contributed by atoms with van der Waals surface area (Å²) < 4.78 is 4.65. The summed E-state index contributed by atoms with van der Waals surface area (Å²) in [6.45, 7) is -0.641. The van der Waals surface area contributed by atoms with E-state index in [0.29, 0.717) is 0 Å². The molecule has 0 amide bonds. The van der Waals surface area contributed by atoms with Crippen LogP contribution in [0.1, 0.15) is 0 Å². The van der Waals surface area contributed by atoms with E-state index in [1.807, 2.05) is 0 Å². The van der Waals surface area contributed by atoms with Crippen molar-refractivity contribution in [3.05, 3.63) is 34.4 Å². The molecule has 0 unspecified atom stereocenters. The Morgan fingerprint density at radius 1 is 1.46 bits per heavy atom. The van der Waals surface area contributed by atoms with E-state index >= 15 is 0 Å². The van der Waals surface area contributed by atoms with Crippen molar-refractivity contribution in [1.29, 1.82) is 0 Å². The van der Waals surface area contributed by atoms with Gasteiger partial charge in [0.1, 0.15) is 0 Å². The van der Waals surface area contributed by atoms with Crippen molar-refractivity contribution in [3.8, 4) is 11.5 Å². The number of hydrogen-bond donors (Lipinski definition) is 1. The van der Waals surface area contributed by atoms with E-state index in [1.165, 1.54) is 12.1 Å². The fourth-order valence-electron chi connectivity index (χ4n) is 0.701. The Labute approximate surface area is 96.8 Å². The van der Waals surface area contributed by atoms with E-state index in [1.54, 1.807) is 12.1 Å². The molecule has 0 aliphatic heterocycles. The molecule has 1 N–H and O–H groups in total. The second kappa shape index (κ2) is 5.80. The van der Waals surface area contributed by atoms with Gasteiger partial charge in [-0.15, -0.1) is 0 Å². The van der Waals surface area contributed by atoms with Gasteiger partial charge in [-0.3, -0.25) is 10.1 Å². The molecule has 1 aromatic rings. The van der Waals surface area contributed by atoms with Gasteiger partial charge < -0.3 is 9.84 Å². The molecule has 1 rings (SSSR count). The number of nitro groups is 1. The molecule has 1 radical (unpaired) electrons. The molecule has 0 fully saturated rings. The molecule has 0 heterocycles. The van der Waals surface area contributed by atoms with Gasteiger partial charge in [0.2, 0.25) is 0 Å². The molecule has 6 heteroatoms. The molecule has 5 nitrogen and oxygen atoms in total. The van der Waals surface area contributed by atoms with E-state index in [-0.39, 0.29) is 41.1 Å². The number of phenols is 1. The number of nitrogens with zero attached hydrogens (tertiary/aromatic N) is 1. The molecule has 0 atom stereocenters. The minimum absolute atomic E-state index is 0. The molecular weight excluding hydrogens is 185 g/mol. The Balaban J connectivity index is 0.00000144. The van der Waals surface area contributed by atoms with Gasteiger partial charge in [-0.05, 0) is 12.1 Å². The summed E-state index contributed by atoms with van der Waals surface area (Å²) in [7, 11) is 0. The predicted octanol–water partition coefficient (Wildman–Crippen LogP) is 0.624. The maximum absolute atomic E-state index is 9.88. The van der Waals surface area contributed by atoms with Crippen LogP contribution in [0.4, 0.5) is 0 Å². The van der Waals surface area contributed by atoms with E-state index in [9.17, 15) is 10.1 Å². The molecule has 0 spiro atoms. The molecule has 0 bridgehead atoms. The third kappa shape index (κ3) is 4.12. The van der Waals surface area contributed by atoms with Crippen molar-refractivity contribution in [1.82, 2.24) is 0 Å². The Morgan fingerprint density at radius 3 is 2.62 bits per heavy atom. The molecule has 0 aliphatic carbocycles. The molecular formula is C7H7NNaO4. The van der Waals surface area contributed by atoms with Crippen molar-refractivity contribution < 1.29 is 14.8 Å². The Kier molecular flexibility index (Phi) is 5.45. The summed E-state index contributed by atoms with van der Waals surface area (Å²) in [5.74, 6) is 0.0218. The van der Waals surface area contributed by atoms with Gasteiger partial charge in [-0.2, -0.15) is 0 Å². The predicted molar refractivity (Wildman–Crippen MR) is 46.4 cm³/mol. The van der Waals surface area contributed by atoms with Crippen molar-refractivity contribution >= 4 is 29.6 Å². The van der Waals surface area contributed by atoms with Gasteiger partial charge in [0, 0.05) is 29.6 Å². The molecule has 0 saturated heterocycles. The summed E-state index contributed by atoms with van der Waals surface area (Å²) in [5.41, 5.74) is 0. The maximum Gasteiger partial charge on any atom is 0.344 e. The van der Waals surface area contributed by atoms with Crippen LogP contribution < -0.4 is 4.74 Å². The van der Waals surface area contributed by atoms with E-state index in [0.717, 1.165) is 0 Å². The zero-order valence-electron chi connectivity index (χ0n) is 7.14. The quantitative estimate of drug-likeness (QED) is 0.330. The van der Waals surface area contributed by atoms with E-state index in [2.05, 4.69) is 4.74 Å². The maximum atomic E-state index is 9.88. The molecule has 65 valence electrons. The van der Waals surface area contributed by atoms with Crippen molar-refractivity contribution in [2.45, 2.75) is 0 Å². The standard InChI is InChI=1S/C7H7NO4.Na/c9-6-3-1-2-4-7(6)12-5-8(10)11;/h1-4,9H,5H2;. The SMILES string of the molecule is O=[N+]([O-])COc1ccccc1O.[Na]. The monoisotopic (exact) mass is 192 g/mol. The van der Waals surface area contributed by atoms with Crippen molar-refractivity contribution in [3.63, 3.8) is 0 Å². The van der Waals surface area contributed by atoms with Crippen molar-refractivity contribution in [2.75, 3.05) is 6.73 Å². The number of rotatable bonds is 3. The minimum Gasteiger partial charge on any atom is -0.504 e. The molecule has 0 saturated carbocycles. The van der Waals surface area contributed by atoms with Crippen LogP contribution in [0.25, 0.3) is 0 Å². The molecule has 0 aliphatic rings. The second-order valence-corrected chi connectivity index (χ2v) is 2.07. The second-order valence-electron chi connectivity index (χ2n) is 2.07. The smallest absolute Gasteiger partial charge is 0.344 e. The van der Waals surface area contributed by atoms with Gasteiger partial charge in [0.15, 0.2) is 11.5 Å². The summed E-state index contributed by atoms with van der Waals surface area (Å²) in [5, 5.41) is 19.0. The first-order chi connectivity index (χ1) is 5.70. The third-order valence-electron chi connectivity index (χ3n) is 1.19. The molecule has 0 aromatic heterocycles. The van der Waals surface area contributed by atoms with Gasteiger partial charge in [-0.1, -0.05) is 12.1 Å². The first kappa shape index (κ1) is 12.2. The summed E-state index contributed by atoms with van der Waals surface area (Å²) >= 11 is 0. The first-order valence-corrected chi connectivity index (χ1v) is 3.23. The van der Waals surface area contributed by atoms with E-state index in [4.69, 9.17) is 5.11 Å². The number of phenolic OH excluding ortho intramolecular Hbond substituents is 1. The third-order valence-corrected chi connectivity index (χ3v) is 1.19. The normalized spacial score (nSPS) is 8.62. The fraction of sp³-hybridized carbons (Fsp3) is 0.143. The van der Waals surface area contributed by atoms with Crippen LogP contribution in [0.3, 0.4) is 0 Å². The van der Waals surface area contributed by atoms with Crippen LogP contribution in [0.15, 0.2) is 24.3 Å². The van der Waals surface area contributed by atoms with Gasteiger partial charge in [-0.25, -0.2) is 0 Å². The summed E-state index contributed by atoms with van der Waals surface area (Å²) in [6.07, 6.45) is 0. The summed E-state index contributed by atoms with van der Waals surface area (Å²) in [4.78, 5) is 9.26. The molecule has 1 aromatic carbocycles. The zero-order valence-corrected chi connectivity index (χ0v) is 9.14. The van der Waals surface area contributed by atoms with Crippen LogP contribution in [0, 0.1) is 10.1 Å². The number of hydrogen-bond acceptors (Lipinski definition) is 4. The average molecular weight is 192 g/mol. The van der Waals surface area contributed by atoms with Crippen molar-refractivity contribution in [2.24, 2.45) is 0 Å². The topological polar surface area (TPSA) is 72.6 Å². The van der Waals surface area contributed by atoms with Gasteiger partial charge >= 0.3 is 6.73 Å². The Morgan fingerprint density at radius 2 is 2.08 bits per heavy atom. The number of benzene rings is 1. The number of ether oxygens (including phenoxy) is 1. The van der Waals surface area contributed by atoms with Gasteiger partial charge in [0.25, 0.3) is 0 Å². The average Bonchev–Trinajstić information content (AvgIpc) is 2.03. The van der Waals surface area contributed by atoms with Crippen LogP contribution >= 0.6 is 0 Å². The van der Waals surface area contributed by atoms with Crippen LogP contribution in [0.2, 0.25) is 0 Å². The number of aromatic hydroxyl groups is 1. The largest absolute Gasteiger partial charge is 0.504 e. The van der Waals surface area contributed by atoms with Crippen LogP contribution in [-0.2, 0) is 0 Å². The minimum atomic E-state index is -0.641. The summed E-state index contributed by atoms with van der Waals surface area (Å²) in [6, 6.07) is 6.08. The fourth-order valence-corrected chi connectivity index (χ4v) is 0.701.